The van der Waals surface area contributed by atoms with Crippen molar-refractivity contribution in [3.63, 3.8) is 0 Å². The van der Waals surface area contributed by atoms with E-state index in [9.17, 15) is 12.8 Å². The molecule has 0 fully saturated rings. The van der Waals surface area contributed by atoms with Crippen molar-refractivity contribution in [2.45, 2.75) is 17.9 Å². The lowest BCUT2D eigenvalue weighted by molar-refractivity contribution is 0.150. The summed E-state index contributed by atoms with van der Waals surface area (Å²) in [5.41, 5.74) is 3.54. The molecule has 0 amide bonds. The maximum Gasteiger partial charge on any atom is 0.268 e. The zero-order chi connectivity index (χ0) is 18.0. The highest BCUT2D eigenvalue weighted by Crippen LogP contribution is 2.24. The fourth-order valence-corrected chi connectivity index (χ4v) is 3.82. The van der Waals surface area contributed by atoms with Crippen molar-refractivity contribution in [1.82, 2.24) is 9.45 Å². The number of hydrogen-bond acceptors (Lipinski definition) is 4. The summed E-state index contributed by atoms with van der Waals surface area (Å²) in [6, 6.07) is 11.6. The standard InChI is InChI=1S/C18H17FN2O3S/c1-13(20-22)2-3-14-4-9-18-15(12-14)10-11-21(18)25(23,24)17-7-5-16(19)6-8-17/h2-13,20,22H,1H3/b3-2+. The van der Waals surface area contributed by atoms with Crippen molar-refractivity contribution in [3.8, 4) is 0 Å². The lowest BCUT2D eigenvalue weighted by Gasteiger charge is -2.08. The third kappa shape index (κ3) is 3.48. The van der Waals surface area contributed by atoms with Crippen LogP contribution in [0, 0.1) is 5.82 Å². The molecule has 0 aliphatic heterocycles. The third-order valence-electron chi connectivity index (χ3n) is 3.83. The number of rotatable bonds is 5. The molecule has 0 aliphatic carbocycles. The molecule has 7 heteroatoms. The highest BCUT2D eigenvalue weighted by atomic mass is 32.2. The van der Waals surface area contributed by atoms with E-state index in [1.54, 1.807) is 31.2 Å². The average molecular weight is 360 g/mol. The first-order valence-corrected chi connectivity index (χ1v) is 9.06. The van der Waals surface area contributed by atoms with E-state index in [0.717, 1.165) is 23.1 Å². The largest absolute Gasteiger partial charge is 0.316 e. The second-order valence-corrected chi connectivity index (χ2v) is 7.48. The topological polar surface area (TPSA) is 71.3 Å². The molecule has 0 aliphatic rings. The lowest BCUT2D eigenvalue weighted by atomic mass is 10.1. The highest BCUT2D eigenvalue weighted by molar-refractivity contribution is 7.90. The molecule has 25 heavy (non-hydrogen) atoms. The van der Waals surface area contributed by atoms with Gasteiger partial charge in [-0.1, -0.05) is 18.2 Å². The number of benzene rings is 2. The number of hydroxylamine groups is 1. The average Bonchev–Trinajstić information content (AvgIpc) is 3.04. The van der Waals surface area contributed by atoms with Gasteiger partial charge >= 0.3 is 0 Å². The summed E-state index contributed by atoms with van der Waals surface area (Å²) in [4.78, 5) is 0.0261. The molecule has 0 bridgehead atoms. The summed E-state index contributed by atoms with van der Waals surface area (Å²) in [5, 5.41) is 9.57. The Labute approximate surface area is 145 Å². The number of halogens is 1. The number of fused-ring (bicyclic) bond motifs is 1. The number of aromatic nitrogens is 1. The van der Waals surface area contributed by atoms with Crippen LogP contribution in [0.2, 0.25) is 0 Å². The first-order valence-electron chi connectivity index (χ1n) is 7.62. The Morgan fingerprint density at radius 1 is 1.16 bits per heavy atom. The van der Waals surface area contributed by atoms with E-state index in [0.29, 0.717) is 5.52 Å². The van der Waals surface area contributed by atoms with Gasteiger partial charge in [0.25, 0.3) is 10.0 Å². The molecule has 2 aromatic carbocycles. The van der Waals surface area contributed by atoms with Gasteiger partial charge in [0.1, 0.15) is 5.82 Å². The highest BCUT2D eigenvalue weighted by Gasteiger charge is 2.18. The predicted octanol–water partition coefficient (Wildman–Crippen LogP) is 3.40. The van der Waals surface area contributed by atoms with Crippen molar-refractivity contribution in [1.29, 1.82) is 0 Å². The third-order valence-corrected chi connectivity index (χ3v) is 5.53. The molecule has 0 saturated heterocycles. The van der Waals surface area contributed by atoms with E-state index in [1.807, 2.05) is 12.1 Å². The van der Waals surface area contributed by atoms with Crippen LogP contribution in [0.4, 0.5) is 4.39 Å². The van der Waals surface area contributed by atoms with Crippen LogP contribution in [-0.4, -0.2) is 23.6 Å². The van der Waals surface area contributed by atoms with Crippen LogP contribution in [0.5, 0.6) is 0 Å². The summed E-state index contributed by atoms with van der Waals surface area (Å²) in [6.07, 6.45) is 5.10. The van der Waals surface area contributed by atoms with Crippen LogP contribution >= 0.6 is 0 Å². The smallest absolute Gasteiger partial charge is 0.268 e. The minimum absolute atomic E-state index is 0.0261. The van der Waals surface area contributed by atoms with Gasteiger partial charge in [-0.05, 0) is 55.0 Å². The number of nitrogens with one attached hydrogen (secondary N) is 1. The number of hydrogen-bond donors (Lipinski definition) is 2. The molecule has 3 rings (SSSR count). The van der Waals surface area contributed by atoms with Crippen molar-refractivity contribution in [2.24, 2.45) is 0 Å². The zero-order valence-corrected chi connectivity index (χ0v) is 14.2. The maximum atomic E-state index is 13.0. The molecular weight excluding hydrogens is 343 g/mol. The molecule has 1 heterocycles. The van der Waals surface area contributed by atoms with Gasteiger partial charge < -0.3 is 5.21 Å². The van der Waals surface area contributed by atoms with E-state index in [1.165, 1.54) is 22.3 Å². The molecule has 1 unspecified atom stereocenters. The lowest BCUT2D eigenvalue weighted by Crippen LogP contribution is -2.18. The Balaban J connectivity index is 2.01. The Bertz CT molecular complexity index is 1020. The van der Waals surface area contributed by atoms with E-state index in [4.69, 9.17) is 5.21 Å². The summed E-state index contributed by atoms with van der Waals surface area (Å²) < 4.78 is 39.7. The monoisotopic (exact) mass is 360 g/mol. The minimum Gasteiger partial charge on any atom is -0.316 e. The Morgan fingerprint density at radius 2 is 1.88 bits per heavy atom. The quantitative estimate of drug-likeness (QED) is 0.684. The Kier molecular flexibility index (Phi) is 4.71. The SMILES string of the molecule is CC(/C=C/c1ccc2c(ccn2S(=O)(=O)c2ccc(F)cc2)c1)NO. The van der Waals surface area contributed by atoms with Crippen LogP contribution in [-0.2, 0) is 10.0 Å². The second kappa shape index (κ2) is 6.79. The fraction of sp³-hybridized carbons (Fsp3) is 0.111. The molecule has 0 spiro atoms. The minimum atomic E-state index is -3.79. The molecule has 1 aromatic heterocycles. The van der Waals surface area contributed by atoms with E-state index in [2.05, 4.69) is 5.48 Å². The predicted molar refractivity (Wildman–Crippen MR) is 94.3 cm³/mol. The van der Waals surface area contributed by atoms with Gasteiger partial charge in [0.15, 0.2) is 0 Å². The molecule has 5 nitrogen and oxygen atoms in total. The molecule has 2 N–H and O–H groups in total. The van der Waals surface area contributed by atoms with E-state index >= 15 is 0 Å². The molecule has 3 aromatic rings. The van der Waals surface area contributed by atoms with Gasteiger partial charge in [-0.2, -0.15) is 5.48 Å². The van der Waals surface area contributed by atoms with Crippen molar-refractivity contribution < 1.29 is 18.0 Å². The van der Waals surface area contributed by atoms with Gasteiger partial charge in [0, 0.05) is 17.6 Å². The normalized spacial score (nSPS) is 13.6. The first-order chi connectivity index (χ1) is 11.9. The van der Waals surface area contributed by atoms with Gasteiger partial charge in [-0.25, -0.2) is 16.8 Å². The van der Waals surface area contributed by atoms with Crippen LogP contribution in [0.25, 0.3) is 17.0 Å². The molecule has 1 atom stereocenters. The Morgan fingerprint density at radius 3 is 2.56 bits per heavy atom. The summed E-state index contributed by atoms with van der Waals surface area (Å²) in [6.45, 7) is 1.79. The van der Waals surface area contributed by atoms with E-state index in [-0.39, 0.29) is 10.9 Å². The van der Waals surface area contributed by atoms with Crippen molar-refractivity contribution >= 4 is 27.0 Å². The van der Waals surface area contributed by atoms with Crippen molar-refractivity contribution in [2.75, 3.05) is 0 Å². The Hall–Kier alpha value is -2.48. The molecule has 0 radical (unpaired) electrons. The molecular formula is C18H17FN2O3S. The van der Waals surface area contributed by atoms with Gasteiger partial charge in [-0.3, -0.25) is 0 Å². The van der Waals surface area contributed by atoms with Gasteiger partial charge in [0.05, 0.1) is 10.4 Å². The maximum absolute atomic E-state index is 13.0. The van der Waals surface area contributed by atoms with Crippen LogP contribution < -0.4 is 5.48 Å². The van der Waals surface area contributed by atoms with Crippen LogP contribution in [0.3, 0.4) is 0 Å². The summed E-state index contributed by atoms with van der Waals surface area (Å²) >= 11 is 0. The zero-order valence-electron chi connectivity index (χ0n) is 13.4. The summed E-state index contributed by atoms with van der Waals surface area (Å²) in [7, 11) is -3.79. The summed E-state index contributed by atoms with van der Waals surface area (Å²) in [5.74, 6) is -0.487. The molecule has 130 valence electrons. The fourth-order valence-electron chi connectivity index (χ4n) is 2.47. The number of nitrogens with zero attached hydrogens (tertiary/aromatic N) is 1. The van der Waals surface area contributed by atoms with Crippen LogP contribution in [0.15, 0.2) is 65.7 Å². The van der Waals surface area contributed by atoms with Crippen molar-refractivity contribution in [3.05, 3.63) is 72.2 Å². The van der Waals surface area contributed by atoms with Gasteiger partial charge in [-0.15, -0.1) is 0 Å². The van der Waals surface area contributed by atoms with Gasteiger partial charge in [0.2, 0.25) is 0 Å². The van der Waals surface area contributed by atoms with E-state index < -0.39 is 15.8 Å². The first kappa shape index (κ1) is 17.3. The van der Waals surface area contributed by atoms with Crippen LogP contribution in [0.1, 0.15) is 12.5 Å². The second-order valence-electron chi connectivity index (χ2n) is 5.67. The molecule has 0 saturated carbocycles.